The third-order valence-electron chi connectivity index (χ3n) is 2.11. The molecule has 1 rings (SSSR count). The molecule has 3 N–H and O–H groups in total. The Bertz CT molecular complexity index is 425. The van der Waals surface area contributed by atoms with Crippen LogP contribution in [0.3, 0.4) is 0 Å². The number of carbonyl (C=O) groups excluding carboxylic acids is 1. The Morgan fingerprint density at radius 2 is 2.17 bits per heavy atom. The van der Waals surface area contributed by atoms with E-state index in [2.05, 4.69) is 5.32 Å². The van der Waals surface area contributed by atoms with Crippen molar-refractivity contribution in [1.82, 2.24) is 0 Å². The minimum atomic E-state index is -0.704. The SMILES string of the molecule is COCC(N)C(=O)Nc1ccc(OCC#N)cc1. The smallest absolute Gasteiger partial charge is 0.243 e. The highest BCUT2D eigenvalue weighted by Gasteiger charge is 2.12. The topological polar surface area (TPSA) is 97.4 Å². The van der Waals surface area contributed by atoms with Gasteiger partial charge in [-0.2, -0.15) is 5.26 Å². The molecule has 1 aromatic carbocycles. The van der Waals surface area contributed by atoms with Crippen LogP contribution in [0.4, 0.5) is 5.69 Å². The van der Waals surface area contributed by atoms with Crippen LogP contribution in [-0.4, -0.2) is 32.3 Å². The van der Waals surface area contributed by atoms with E-state index in [9.17, 15) is 4.79 Å². The molecule has 0 spiro atoms. The second-order valence-electron chi connectivity index (χ2n) is 3.52. The van der Waals surface area contributed by atoms with E-state index in [1.807, 2.05) is 6.07 Å². The van der Waals surface area contributed by atoms with Gasteiger partial charge >= 0.3 is 0 Å². The average Bonchev–Trinajstić information content (AvgIpc) is 2.38. The number of ether oxygens (including phenoxy) is 2. The van der Waals surface area contributed by atoms with Crippen molar-refractivity contribution in [2.75, 3.05) is 25.6 Å². The standard InChI is InChI=1S/C12H15N3O3/c1-17-8-11(14)12(16)15-9-2-4-10(5-3-9)18-7-6-13/h2-5,11H,7-8,14H2,1H3,(H,15,16). The molecule has 0 aliphatic carbocycles. The number of benzene rings is 1. The fourth-order valence-corrected chi connectivity index (χ4v) is 1.24. The number of nitriles is 1. The van der Waals surface area contributed by atoms with E-state index < -0.39 is 6.04 Å². The molecule has 1 unspecified atom stereocenters. The molecule has 1 atom stereocenters. The fraction of sp³-hybridized carbons (Fsp3) is 0.333. The summed E-state index contributed by atoms with van der Waals surface area (Å²) in [6.45, 7) is 0.152. The van der Waals surface area contributed by atoms with Gasteiger partial charge in [-0.1, -0.05) is 0 Å². The number of nitrogens with one attached hydrogen (secondary N) is 1. The van der Waals surface area contributed by atoms with Crippen LogP contribution in [0, 0.1) is 11.3 Å². The van der Waals surface area contributed by atoms with Crippen molar-refractivity contribution < 1.29 is 14.3 Å². The van der Waals surface area contributed by atoms with Crippen LogP contribution in [-0.2, 0) is 9.53 Å². The molecule has 0 bridgehead atoms. The second kappa shape index (κ2) is 7.27. The molecule has 0 saturated heterocycles. The third kappa shape index (κ3) is 4.41. The molecule has 6 heteroatoms. The van der Waals surface area contributed by atoms with Crippen molar-refractivity contribution in [1.29, 1.82) is 5.26 Å². The van der Waals surface area contributed by atoms with E-state index in [0.29, 0.717) is 11.4 Å². The van der Waals surface area contributed by atoms with Crippen LogP contribution in [0.5, 0.6) is 5.75 Å². The highest BCUT2D eigenvalue weighted by Crippen LogP contribution is 2.15. The largest absolute Gasteiger partial charge is 0.479 e. The van der Waals surface area contributed by atoms with E-state index in [0.717, 1.165) is 0 Å². The monoisotopic (exact) mass is 249 g/mol. The molecular weight excluding hydrogens is 234 g/mol. The highest BCUT2D eigenvalue weighted by molar-refractivity contribution is 5.94. The van der Waals surface area contributed by atoms with Gasteiger partial charge in [0, 0.05) is 12.8 Å². The summed E-state index contributed by atoms with van der Waals surface area (Å²) in [5, 5.41) is 11.0. The van der Waals surface area contributed by atoms with Crippen molar-refractivity contribution in [3.8, 4) is 11.8 Å². The number of anilines is 1. The number of amides is 1. The van der Waals surface area contributed by atoms with Gasteiger partial charge in [0.2, 0.25) is 5.91 Å². The Kier molecular flexibility index (Phi) is 5.64. The molecule has 0 aromatic heterocycles. The zero-order valence-electron chi connectivity index (χ0n) is 10.1. The maximum atomic E-state index is 11.6. The first-order chi connectivity index (χ1) is 8.67. The van der Waals surface area contributed by atoms with Crippen LogP contribution in [0.25, 0.3) is 0 Å². The Morgan fingerprint density at radius 1 is 1.50 bits per heavy atom. The van der Waals surface area contributed by atoms with E-state index in [4.69, 9.17) is 20.5 Å². The van der Waals surface area contributed by atoms with Gasteiger partial charge in [0.25, 0.3) is 0 Å². The predicted molar refractivity (Wildman–Crippen MR) is 66.0 cm³/mol. The Labute approximate surface area is 105 Å². The number of hydrogen-bond acceptors (Lipinski definition) is 5. The molecule has 0 aliphatic heterocycles. The lowest BCUT2D eigenvalue weighted by Gasteiger charge is -2.11. The van der Waals surface area contributed by atoms with Crippen molar-refractivity contribution in [3.63, 3.8) is 0 Å². The maximum absolute atomic E-state index is 11.6. The zero-order chi connectivity index (χ0) is 13.4. The molecular formula is C12H15N3O3. The van der Waals surface area contributed by atoms with Crippen LogP contribution in [0.2, 0.25) is 0 Å². The Morgan fingerprint density at radius 3 is 2.72 bits per heavy atom. The van der Waals surface area contributed by atoms with Gasteiger partial charge < -0.3 is 20.5 Å². The highest BCUT2D eigenvalue weighted by atomic mass is 16.5. The summed E-state index contributed by atoms with van der Waals surface area (Å²) in [6, 6.07) is 7.83. The second-order valence-corrected chi connectivity index (χ2v) is 3.52. The van der Waals surface area contributed by atoms with Crippen LogP contribution in [0.1, 0.15) is 0 Å². The molecule has 1 aromatic rings. The van der Waals surface area contributed by atoms with Crippen molar-refractivity contribution in [3.05, 3.63) is 24.3 Å². The maximum Gasteiger partial charge on any atom is 0.243 e. The minimum absolute atomic E-state index is 0.00951. The van der Waals surface area contributed by atoms with Gasteiger partial charge in [-0.25, -0.2) is 0 Å². The predicted octanol–water partition coefficient (Wildman–Crippen LogP) is 0.501. The summed E-state index contributed by atoms with van der Waals surface area (Å²) in [5.74, 6) is 0.248. The number of nitrogens with two attached hydrogens (primary N) is 1. The molecule has 0 heterocycles. The zero-order valence-corrected chi connectivity index (χ0v) is 10.1. The molecule has 1 amide bonds. The minimum Gasteiger partial charge on any atom is -0.479 e. The number of hydrogen-bond donors (Lipinski definition) is 2. The number of nitrogens with zero attached hydrogens (tertiary/aromatic N) is 1. The first kappa shape index (κ1) is 14.0. The molecule has 0 aliphatic rings. The summed E-state index contributed by atoms with van der Waals surface area (Å²) >= 11 is 0. The van der Waals surface area contributed by atoms with Gasteiger partial charge in [0.15, 0.2) is 6.61 Å². The van der Waals surface area contributed by atoms with Crippen LogP contribution in [0.15, 0.2) is 24.3 Å². The fourth-order valence-electron chi connectivity index (χ4n) is 1.24. The van der Waals surface area contributed by atoms with Gasteiger partial charge in [-0.15, -0.1) is 0 Å². The lowest BCUT2D eigenvalue weighted by molar-refractivity contribution is -0.118. The summed E-state index contributed by atoms with van der Waals surface area (Å²) in [5.41, 5.74) is 6.18. The number of carbonyl (C=O) groups is 1. The van der Waals surface area contributed by atoms with E-state index >= 15 is 0 Å². The van der Waals surface area contributed by atoms with Crippen LogP contribution >= 0.6 is 0 Å². The average molecular weight is 249 g/mol. The van der Waals surface area contributed by atoms with Crippen molar-refractivity contribution >= 4 is 11.6 Å². The van der Waals surface area contributed by atoms with Crippen molar-refractivity contribution in [2.24, 2.45) is 5.73 Å². The van der Waals surface area contributed by atoms with E-state index in [-0.39, 0.29) is 19.1 Å². The van der Waals surface area contributed by atoms with Crippen molar-refractivity contribution in [2.45, 2.75) is 6.04 Å². The van der Waals surface area contributed by atoms with Gasteiger partial charge in [-0.3, -0.25) is 4.79 Å². The quantitative estimate of drug-likeness (QED) is 0.765. The molecule has 0 saturated carbocycles. The first-order valence-corrected chi connectivity index (χ1v) is 5.32. The lowest BCUT2D eigenvalue weighted by Crippen LogP contribution is -2.39. The van der Waals surface area contributed by atoms with E-state index in [1.54, 1.807) is 24.3 Å². The van der Waals surface area contributed by atoms with Gasteiger partial charge in [0.1, 0.15) is 17.9 Å². The normalized spacial score (nSPS) is 11.4. The number of rotatable bonds is 6. The van der Waals surface area contributed by atoms with Crippen LogP contribution < -0.4 is 15.8 Å². The molecule has 0 fully saturated rings. The number of methoxy groups -OCH3 is 1. The molecule has 0 radical (unpaired) electrons. The molecule has 18 heavy (non-hydrogen) atoms. The Balaban J connectivity index is 2.53. The lowest BCUT2D eigenvalue weighted by atomic mass is 10.2. The summed E-state index contributed by atoms with van der Waals surface area (Å²) in [7, 11) is 1.48. The van der Waals surface area contributed by atoms with E-state index in [1.165, 1.54) is 7.11 Å². The first-order valence-electron chi connectivity index (χ1n) is 5.32. The molecule has 96 valence electrons. The summed E-state index contributed by atoms with van der Waals surface area (Å²) in [6.07, 6.45) is 0. The van der Waals surface area contributed by atoms with Gasteiger partial charge in [0.05, 0.1) is 6.61 Å². The summed E-state index contributed by atoms with van der Waals surface area (Å²) < 4.78 is 9.87. The van der Waals surface area contributed by atoms with Gasteiger partial charge in [-0.05, 0) is 24.3 Å². The third-order valence-corrected chi connectivity index (χ3v) is 2.11. The molecule has 6 nitrogen and oxygen atoms in total. The Hall–Kier alpha value is -2.10. The summed E-state index contributed by atoms with van der Waals surface area (Å²) in [4.78, 5) is 11.6.